The Morgan fingerprint density at radius 1 is 1.33 bits per heavy atom. The second-order valence-electron chi connectivity index (χ2n) is 3.18. The van der Waals surface area contributed by atoms with Crippen LogP contribution in [0.1, 0.15) is 5.56 Å². The molecule has 0 aromatic carbocycles. The molecule has 3 nitrogen and oxygen atoms in total. The molecule has 1 N–H and O–H groups in total. The topological polar surface area (TPSA) is 37.8 Å². The van der Waals surface area contributed by atoms with E-state index in [2.05, 4.69) is 27.4 Å². The Labute approximate surface area is 89.2 Å². The predicted octanol–water partition coefficient (Wildman–Crippen LogP) is 1.93. The van der Waals surface area contributed by atoms with E-state index in [1.165, 1.54) is 5.56 Å². The van der Waals surface area contributed by atoms with Gasteiger partial charge in [0.15, 0.2) is 0 Å². The molecule has 0 aliphatic rings. The van der Waals surface area contributed by atoms with Crippen LogP contribution in [0.15, 0.2) is 42.9 Å². The van der Waals surface area contributed by atoms with E-state index in [1.807, 2.05) is 24.4 Å². The number of nitrogens with one attached hydrogen (secondary N) is 1. The zero-order valence-electron chi connectivity index (χ0n) is 8.35. The molecule has 0 saturated carbocycles. The SMILES string of the molecule is [c]1ccc(NCCc2cccnc2)nc1. The molecule has 0 aliphatic heterocycles. The van der Waals surface area contributed by atoms with Gasteiger partial charge in [0.25, 0.3) is 0 Å². The number of aromatic nitrogens is 2. The summed E-state index contributed by atoms with van der Waals surface area (Å²) in [6, 6.07) is 10.7. The molecular formula is C12H12N3. The van der Waals surface area contributed by atoms with Gasteiger partial charge in [-0.3, -0.25) is 4.98 Å². The fourth-order valence-corrected chi connectivity index (χ4v) is 1.31. The average molecular weight is 198 g/mol. The minimum atomic E-state index is 0.864. The summed E-state index contributed by atoms with van der Waals surface area (Å²) in [5, 5.41) is 3.23. The van der Waals surface area contributed by atoms with E-state index in [4.69, 9.17) is 0 Å². The maximum absolute atomic E-state index is 4.13. The van der Waals surface area contributed by atoms with E-state index < -0.39 is 0 Å². The molecule has 0 spiro atoms. The highest BCUT2D eigenvalue weighted by atomic mass is 15.0. The van der Waals surface area contributed by atoms with Crippen molar-refractivity contribution in [3.63, 3.8) is 0 Å². The van der Waals surface area contributed by atoms with Crippen molar-refractivity contribution in [2.45, 2.75) is 6.42 Å². The number of nitrogens with zero attached hydrogens (tertiary/aromatic N) is 2. The molecule has 75 valence electrons. The van der Waals surface area contributed by atoms with Gasteiger partial charge in [-0.25, -0.2) is 4.98 Å². The lowest BCUT2D eigenvalue weighted by atomic mass is 10.2. The van der Waals surface area contributed by atoms with Crippen molar-refractivity contribution in [1.82, 2.24) is 9.97 Å². The van der Waals surface area contributed by atoms with Crippen LogP contribution < -0.4 is 5.32 Å². The van der Waals surface area contributed by atoms with E-state index in [9.17, 15) is 0 Å². The first-order valence-corrected chi connectivity index (χ1v) is 4.90. The first-order valence-electron chi connectivity index (χ1n) is 4.90. The molecule has 15 heavy (non-hydrogen) atoms. The molecule has 0 unspecified atom stereocenters. The highest BCUT2D eigenvalue weighted by Crippen LogP contribution is 2.01. The Morgan fingerprint density at radius 3 is 3.07 bits per heavy atom. The van der Waals surface area contributed by atoms with Crippen molar-refractivity contribution in [1.29, 1.82) is 0 Å². The van der Waals surface area contributed by atoms with Gasteiger partial charge in [0.1, 0.15) is 5.82 Å². The van der Waals surface area contributed by atoms with Gasteiger partial charge in [-0.15, -0.1) is 0 Å². The summed E-state index contributed by atoms with van der Waals surface area (Å²) < 4.78 is 0. The van der Waals surface area contributed by atoms with Crippen LogP contribution in [0.5, 0.6) is 0 Å². The average Bonchev–Trinajstić information content (AvgIpc) is 2.32. The largest absolute Gasteiger partial charge is 0.370 e. The van der Waals surface area contributed by atoms with Crippen molar-refractivity contribution < 1.29 is 0 Å². The molecule has 2 aromatic rings. The van der Waals surface area contributed by atoms with Gasteiger partial charge in [0.05, 0.1) is 0 Å². The highest BCUT2D eigenvalue weighted by molar-refractivity contribution is 5.33. The summed E-state index contributed by atoms with van der Waals surface area (Å²) in [5.74, 6) is 0.887. The molecule has 2 heterocycles. The Hall–Kier alpha value is -1.90. The summed E-state index contributed by atoms with van der Waals surface area (Å²) in [5.41, 5.74) is 1.23. The summed E-state index contributed by atoms with van der Waals surface area (Å²) in [7, 11) is 0. The van der Waals surface area contributed by atoms with Crippen molar-refractivity contribution in [3.8, 4) is 0 Å². The fraction of sp³-hybridized carbons (Fsp3) is 0.167. The van der Waals surface area contributed by atoms with E-state index in [1.54, 1.807) is 12.4 Å². The van der Waals surface area contributed by atoms with Crippen LogP contribution in [0, 0.1) is 6.07 Å². The normalized spacial score (nSPS) is 9.87. The predicted molar refractivity (Wildman–Crippen MR) is 59.5 cm³/mol. The minimum Gasteiger partial charge on any atom is -0.370 e. The molecule has 2 aromatic heterocycles. The molecular weight excluding hydrogens is 186 g/mol. The van der Waals surface area contributed by atoms with Crippen LogP contribution in [-0.2, 0) is 6.42 Å². The van der Waals surface area contributed by atoms with Gasteiger partial charge >= 0.3 is 0 Å². The quantitative estimate of drug-likeness (QED) is 0.815. The maximum atomic E-state index is 4.13. The van der Waals surface area contributed by atoms with Crippen molar-refractivity contribution in [2.75, 3.05) is 11.9 Å². The second-order valence-corrected chi connectivity index (χ2v) is 3.18. The van der Waals surface area contributed by atoms with Gasteiger partial charge in [-0.2, -0.15) is 0 Å². The van der Waals surface area contributed by atoms with Crippen LogP contribution in [-0.4, -0.2) is 16.5 Å². The van der Waals surface area contributed by atoms with Crippen molar-refractivity contribution in [3.05, 3.63) is 54.5 Å². The minimum absolute atomic E-state index is 0.864. The zero-order valence-corrected chi connectivity index (χ0v) is 8.35. The third-order valence-corrected chi connectivity index (χ3v) is 2.06. The third-order valence-electron chi connectivity index (χ3n) is 2.06. The van der Waals surface area contributed by atoms with Crippen molar-refractivity contribution >= 4 is 5.82 Å². The monoisotopic (exact) mass is 198 g/mol. The Balaban J connectivity index is 1.81. The standard InChI is InChI=1S/C12H12N3/c1-2-8-14-12(5-1)15-9-6-11-4-3-7-13-10-11/h1,3-5,7-8,10H,6,9H2,(H,14,15). The Morgan fingerprint density at radius 2 is 2.33 bits per heavy atom. The lowest BCUT2D eigenvalue weighted by Crippen LogP contribution is -2.05. The molecule has 0 amide bonds. The third kappa shape index (κ3) is 3.06. The summed E-state index contributed by atoms with van der Waals surface area (Å²) in [6.07, 6.45) is 6.28. The first-order chi connectivity index (χ1) is 7.45. The number of anilines is 1. The number of hydrogen-bond donors (Lipinski definition) is 1. The lowest BCUT2D eigenvalue weighted by Gasteiger charge is -2.04. The summed E-state index contributed by atoms with van der Waals surface area (Å²) in [4.78, 5) is 8.19. The van der Waals surface area contributed by atoms with E-state index >= 15 is 0 Å². The van der Waals surface area contributed by atoms with E-state index in [-0.39, 0.29) is 0 Å². The number of pyridine rings is 2. The van der Waals surface area contributed by atoms with Crippen LogP contribution >= 0.6 is 0 Å². The van der Waals surface area contributed by atoms with Gasteiger partial charge in [-0.1, -0.05) is 6.07 Å². The smallest absolute Gasteiger partial charge is 0.125 e. The van der Waals surface area contributed by atoms with Crippen LogP contribution in [0.2, 0.25) is 0 Å². The highest BCUT2D eigenvalue weighted by Gasteiger charge is 1.93. The number of hydrogen-bond acceptors (Lipinski definition) is 3. The molecule has 0 bridgehead atoms. The van der Waals surface area contributed by atoms with Gasteiger partial charge < -0.3 is 5.32 Å². The lowest BCUT2D eigenvalue weighted by molar-refractivity contribution is 0.994. The molecule has 0 saturated heterocycles. The fourth-order valence-electron chi connectivity index (χ4n) is 1.31. The number of rotatable bonds is 4. The Kier molecular flexibility index (Phi) is 3.28. The molecule has 3 heteroatoms. The molecule has 0 aliphatic carbocycles. The van der Waals surface area contributed by atoms with Crippen LogP contribution in [0.25, 0.3) is 0 Å². The molecule has 0 atom stereocenters. The van der Waals surface area contributed by atoms with E-state index in [0.717, 1.165) is 18.8 Å². The summed E-state index contributed by atoms with van der Waals surface area (Å²) in [6.45, 7) is 0.864. The first kappa shape index (κ1) is 9.65. The zero-order chi connectivity index (χ0) is 10.3. The van der Waals surface area contributed by atoms with Gasteiger partial charge in [0.2, 0.25) is 0 Å². The summed E-state index contributed by atoms with van der Waals surface area (Å²) >= 11 is 0. The van der Waals surface area contributed by atoms with Crippen molar-refractivity contribution in [2.24, 2.45) is 0 Å². The van der Waals surface area contributed by atoms with Gasteiger partial charge in [-0.05, 0) is 30.2 Å². The Bertz CT molecular complexity index is 347. The molecule has 1 radical (unpaired) electrons. The van der Waals surface area contributed by atoms with Gasteiger partial charge in [0, 0.05) is 31.2 Å². The maximum Gasteiger partial charge on any atom is 0.125 e. The molecule has 2 rings (SSSR count). The second kappa shape index (κ2) is 5.10. The van der Waals surface area contributed by atoms with Crippen LogP contribution in [0.4, 0.5) is 5.82 Å². The molecule has 0 fully saturated rings. The van der Waals surface area contributed by atoms with Crippen LogP contribution in [0.3, 0.4) is 0 Å². The van der Waals surface area contributed by atoms with E-state index in [0.29, 0.717) is 0 Å².